The first-order chi connectivity index (χ1) is 20.6. The average Bonchev–Trinajstić information content (AvgIpc) is 3.29. The van der Waals surface area contributed by atoms with Crippen molar-refractivity contribution >= 4 is 17.4 Å². The van der Waals surface area contributed by atoms with Gasteiger partial charge < -0.3 is 15.1 Å². The van der Waals surface area contributed by atoms with E-state index in [1.165, 1.54) is 0 Å². The Labute approximate surface area is 252 Å². The number of Topliss-reactive ketones (excluding diaryl/α,β-unsaturated/α-hetero) is 1. The Morgan fingerprint density at radius 1 is 0.884 bits per heavy atom. The minimum absolute atomic E-state index is 0.0543. The SMILES string of the molecule is CN(C)c1ccc(C(=O)NC2CCN(CCCCC3(C(=O)CCC(F)(F)F)c4ccccc4-c4ccccc43)CC2)cc1. The Kier molecular flexibility index (Phi) is 9.25. The monoisotopic (exact) mass is 591 g/mol. The zero-order valence-electron chi connectivity index (χ0n) is 24.9. The second-order valence-electron chi connectivity index (χ2n) is 12.0. The largest absolute Gasteiger partial charge is 0.389 e. The number of piperidine rings is 1. The number of nitrogens with zero attached hydrogens (tertiary/aromatic N) is 2. The molecule has 43 heavy (non-hydrogen) atoms. The fourth-order valence-electron chi connectivity index (χ4n) is 6.71. The Balaban J connectivity index is 1.18. The topological polar surface area (TPSA) is 52.7 Å². The van der Waals surface area contributed by atoms with Crippen molar-refractivity contribution in [2.24, 2.45) is 0 Å². The van der Waals surface area contributed by atoms with Gasteiger partial charge in [-0.25, -0.2) is 0 Å². The van der Waals surface area contributed by atoms with Gasteiger partial charge in [0.1, 0.15) is 5.78 Å². The van der Waals surface area contributed by atoms with Crippen LogP contribution in [0, 0.1) is 0 Å². The van der Waals surface area contributed by atoms with Gasteiger partial charge in [-0.1, -0.05) is 55.0 Å². The highest BCUT2D eigenvalue weighted by Crippen LogP contribution is 2.52. The van der Waals surface area contributed by atoms with Crippen LogP contribution in [0.1, 0.15) is 66.4 Å². The van der Waals surface area contributed by atoms with Gasteiger partial charge in [-0.15, -0.1) is 0 Å². The predicted molar refractivity (Wildman–Crippen MR) is 165 cm³/mol. The zero-order chi connectivity index (χ0) is 30.6. The van der Waals surface area contributed by atoms with Gasteiger partial charge in [0.2, 0.25) is 0 Å². The van der Waals surface area contributed by atoms with E-state index in [0.717, 1.165) is 73.3 Å². The lowest BCUT2D eigenvalue weighted by Crippen LogP contribution is -2.44. The number of alkyl halides is 3. The number of unbranched alkanes of at least 4 members (excludes halogenated alkanes) is 1. The number of nitrogens with one attached hydrogen (secondary N) is 1. The first-order valence-corrected chi connectivity index (χ1v) is 15.2. The molecule has 1 amide bonds. The van der Waals surface area contributed by atoms with Crippen molar-refractivity contribution in [3.05, 3.63) is 89.5 Å². The molecule has 1 heterocycles. The summed E-state index contributed by atoms with van der Waals surface area (Å²) in [6, 6.07) is 23.0. The normalized spacial score (nSPS) is 16.4. The third-order valence-electron chi connectivity index (χ3n) is 9.02. The van der Waals surface area contributed by atoms with E-state index in [4.69, 9.17) is 0 Å². The summed E-state index contributed by atoms with van der Waals surface area (Å²) in [6.45, 7) is 2.58. The maximum atomic E-state index is 13.8. The van der Waals surface area contributed by atoms with Gasteiger partial charge >= 0.3 is 6.18 Å². The Morgan fingerprint density at radius 3 is 2.02 bits per heavy atom. The van der Waals surface area contributed by atoms with Crippen LogP contribution in [0.15, 0.2) is 72.8 Å². The van der Waals surface area contributed by atoms with Crippen LogP contribution in [0.5, 0.6) is 0 Å². The molecule has 0 aromatic heterocycles. The Bertz CT molecular complexity index is 1380. The van der Waals surface area contributed by atoms with Crippen molar-refractivity contribution in [1.82, 2.24) is 10.2 Å². The number of likely N-dealkylation sites (tertiary alicyclic amines) is 1. The molecular formula is C35H40F3N3O2. The standard InChI is InChI=1S/C35H40F3N3O2/c1-40(2)27-15-13-25(14-16-27)33(43)39-26-18-23-41(24-19-26)22-8-7-20-34(32(42)17-21-35(36,37)38)30-11-5-3-9-28(30)29-10-4-6-12-31(29)34/h3-6,9-16,26H,7-8,17-24H2,1-2H3,(H,39,43). The van der Waals surface area contributed by atoms with Crippen LogP contribution in [-0.2, 0) is 10.2 Å². The summed E-state index contributed by atoms with van der Waals surface area (Å²) in [5.41, 5.74) is 4.19. The van der Waals surface area contributed by atoms with Gasteiger partial charge in [-0.3, -0.25) is 9.59 Å². The molecule has 3 aromatic carbocycles. The first kappa shape index (κ1) is 30.8. The number of anilines is 1. The van der Waals surface area contributed by atoms with Crippen LogP contribution in [0.2, 0.25) is 0 Å². The van der Waals surface area contributed by atoms with Crippen molar-refractivity contribution in [2.75, 3.05) is 38.6 Å². The highest BCUT2D eigenvalue weighted by Gasteiger charge is 2.48. The molecule has 228 valence electrons. The molecule has 5 rings (SSSR count). The molecule has 1 aliphatic heterocycles. The molecule has 0 atom stereocenters. The van der Waals surface area contributed by atoms with Crippen molar-refractivity contribution in [2.45, 2.75) is 62.6 Å². The molecule has 0 saturated carbocycles. The van der Waals surface area contributed by atoms with Crippen molar-refractivity contribution in [1.29, 1.82) is 0 Å². The maximum Gasteiger partial charge on any atom is 0.389 e. The summed E-state index contributed by atoms with van der Waals surface area (Å²) in [6.07, 6.45) is -2.23. The summed E-state index contributed by atoms with van der Waals surface area (Å²) in [5, 5.41) is 3.17. The second kappa shape index (κ2) is 12.9. The number of fused-ring (bicyclic) bond motifs is 3. The predicted octanol–water partition coefficient (Wildman–Crippen LogP) is 7.00. The minimum Gasteiger partial charge on any atom is -0.378 e. The molecule has 8 heteroatoms. The molecule has 1 N–H and O–H groups in total. The summed E-state index contributed by atoms with van der Waals surface area (Å²) in [4.78, 5) is 30.9. The van der Waals surface area contributed by atoms with E-state index < -0.39 is 24.4 Å². The molecule has 0 radical (unpaired) electrons. The van der Waals surface area contributed by atoms with E-state index in [2.05, 4.69) is 10.2 Å². The minimum atomic E-state index is -4.38. The number of hydrogen-bond acceptors (Lipinski definition) is 4. The van der Waals surface area contributed by atoms with E-state index in [0.29, 0.717) is 12.0 Å². The van der Waals surface area contributed by atoms with Crippen molar-refractivity contribution in [3.63, 3.8) is 0 Å². The van der Waals surface area contributed by atoms with E-state index in [1.807, 2.05) is 91.8 Å². The summed E-state index contributed by atoms with van der Waals surface area (Å²) in [7, 11) is 3.93. The number of rotatable bonds is 11. The van der Waals surface area contributed by atoms with Gasteiger partial charge in [0.05, 0.1) is 11.8 Å². The van der Waals surface area contributed by atoms with E-state index in [9.17, 15) is 22.8 Å². The molecule has 0 spiro atoms. The van der Waals surface area contributed by atoms with Crippen molar-refractivity contribution in [3.8, 4) is 11.1 Å². The zero-order valence-corrected chi connectivity index (χ0v) is 24.9. The fourth-order valence-corrected chi connectivity index (χ4v) is 6.71. The number of carbonyl (C=O) groups excluding carboxylic acids is 2. The van der Waals surface area contributed by atoms with Gasteiger partial charge in [0.15, 0.2) is 0 Å². The van der Waals surface area contributed by atoms with Gasteiger partial charge in [-0.05, 0) is 78.7 Å². The van der Waals surface area contributed by atoms with E-state index >= 15 is 0 Å². The van der Waals surface area contributed by atoms with Gasteiger partial charge in [-0.2, -0.15) is 13.2 Å². The van der Waals surface area contributed by atoms with E-state index in [-0.39, 0.29) is 17.7 Å². The molecule has 3 aromatic rings. The van der Waals surface area contributed by atoms with Crippen molar-refractivity contribution < 1.29 is 22.8 Å². The molecule has 1 aliphatic carbocycles. The third-order valence-corrected chi connectivity index (χ3v) is 9.02. The van der Waals surface area contributed by atoms with Gasteiger partial charge in [0.25, 0.3) is 5.91 Å². The second-order valence-corrected chi connectivity index (χ2v) is 12.0. The summed E-state index contributed by atoms with van der Waals surface area (Å²) >= 11 is 0. The van der Waals surface area contributed by atoms with Crippen LogP contribution < -0.4 is 10.2 Å². The number of carbonyl (C=O) groups is 2. The van der Waals surface area contributed by atoms with Crippen LogP contribution in [0.4, 0.5) is 18.9 Å². The molecule has 0 bridgehead atoms. The number of ketones is 1. The number of amides is 1. The average molecular weight is 592 g/mol. The van der Waals surface area contributed by atoms with Crippen LogP contribution in [-0.4, -0.2) is 62.5 Å². The van der Waals surface area contributed by atoms with Crippen LogP contribution in [0.25, 0.3) is 11.1 Å². The molecule has 5 nitrogen and oxygen atoms in total. The lowest BCUT2D eigenvalue weighted by atomic mass is 9.70. The number of halogens is 3. The Morgan fingerprint density at radius 2 is 1.47 bits per heavy atom. The number of benzene rings is 3. The lowest BCUT2D eigenvalue weighted by Gasteiger charge is -2.33. The molecule has 1 saturated heterocycles. The molecule has 0 unspecified atom stereocenters. The molecule has 1 fully saturated rings. The van der Waals surface area contributed by atoms with Crippen LogP contribution >= 0.6 is 0 Å². The highest BCUT2D eigenvalue weighted by atomic mass is 19.4. The van der Waals surface area contributed by atoms with Gasteiger partial charge in [0, 0.05) is 50.9 Å². The molecule has 2 aliphatic rings. The van der Waals surface area contributed by atoms with Crippen LogP contribution in [0.3, 0.4) is 0 Å². The fraction of sp³-hybridized carbons (Fsp3) is 0.429. The molecular weight excluding hydrogens is 551 g/mol. The first-order valence-electron chi connectivity index (χ1n) is 15.2. The maximum absolute atomic E-state index is 13.8. The summed E-state index contributed by atoms with van der Waals surface area (Å²) < 4.78 is 39.5. The quantitative estimate of drug-likeness (QED) is 0.244. The summed E-state index contributed by atoms with van der Waals surface area (Å²) in [5.74, 6) is -0.406. The Hall–Kier alpha value is -3.65. The highest BCUT2D eigenvalue weighted by molar-refractivity contribution is 6.01. The number of hydrogen-bond donors (Lipinski definition) is 1. The lowest BCUT2D eigenvalue weighted by molar-refractivity contribution is -0.145. The van der Waals surface area contributed by atoms with E-state index in [1.54, 1.807) is 0 Å². The third kappa shape index (κ3) is 6.80. The smallest absolute Gasteiger partial charge is 0.378 e.